The molecule has 0 bridgehead atoms. The second kappa shape index (κ2) is 8.94. The third-order valence-corrected chi connectivity index (χ3v) is 6.05. The summed E-state index contributed by atoms with van der Waals surface area (Å²) < 4.78 is 0. The van der Waals surface area contributed by atoms with Crippen LogP contribution in [-0.2, 0) is 0 Å². The monoisotopic (exact) mass is 387 g/mol. The summed E-state index contributed by atoms with van der Waals surface area (Å²) >= 11 is 0. The molecular formula is C26H33N3. The smallest absolute Gasteiger partial charge is 0.0844 e. The largest absolute Gasteiger partial charge is 0.382 e. The molecule has 1 N–H and O–H groups in total. The normalized spacial score (nSPS) is 16.2. The molecule has 2 aliphatic rings. The molecule has 2 saturated carbocycles. The van der Waals surface area contributed by atoms with Crippen LogP contribution in [0.4, 0.5) is 5.69 Å². The lowest BCUT2D eigenvalue weighted by Gasteiger charge is -2.24. The molecule has 0 amide bonds. The zero-order valence-electron chi connectivity index (χ0n) is 18.1. The first-order valence-electron chi connectivity index (χ1n) is 11.2. The fraction of sp³-hybridized carbons (Fsp3) is 0.462. The number of nitrogens with zero attached hydrogens (tertiary/aromatic N) is 2. The number of nitrogens with one attached hydrogen (secondary N) is 1. The Hall–Kier alpha value is -2.42. The summed E-state index contributed by atoms with van der Waals surface area (Å²) in [7, 11) is 0. The molecule has 1 aromatic heterocycles. The number of allylic oxidation sites excluding steroid dienone is 1. The maximum absolute atomic E-state index is 4.71. The Balaban J connectivity index is 1.66. The van der Waals surface area contributed by atoms with Crippen molar-refractivity contribution >= 4 is 17.6 Å². The molecule has 1 heterocycles. The minimum absolute atomic E-state index is 0.674. The Bertz CT molecular complexity index is 929. The summed E-state index contributed by atoms with van der Waals surface area (Å²) in [5, 5.41) is 3.81. The number of unbranched alkanes of at least 4 members (excludes halogenated alkanes) is 2. The molecule has 3 heteroatoms. The standard InChI is InChI=1S/C26H33N3/c1-4-5-6-14-27-25-16-22(17-28-19(25)3)24-15-21(11-10-18(24)2)26(20-8-7-9-20)29-23-12-13-23/h10-11,14-17,23,29H,4-9,12-13H2,1-3H3. The van der Waals surface area contributed by atoms with Gasteiger partial charge in [-0.15, -0.1) is 0 Å². The Kier molecular flexibility index (Phi) is 6.13. The van der Waals surface area contributed by atoms with E-state index in [2.05, 4.69) is 48.4 Å². The van der Waals surface area contributed by atoms with Crippen molar-refractivity contribution in [3.63, 3.8) is 0 Å². The summed E-state index contributed by atoms with van der Waals surface area (Å²) in [6.07, 6.45) is 13.8. The van der Waals surface area contributed by atoms with Crippen molar-refractivity contribution in [2.24, 2.45) is 4.99 Å². The van der Waals surface area contributed by atoms with Gasteiger partial charge < -0.3 is 5.32 Å². The number of aromatic nitrogens is 1. The van der Waals surface area contributed by atoms with Gasteiger partial charge in [-0.05, 0) is 93.2 Å². The van der Waals surface area contributed by atoms with Gasteiger partial charge in [0.15, 0.2) is 0 Å². The number of pyridine rings is 1. The van der Waals surface area contributed by atoms with E-state index >= 15 is 0 Å². The molecule has 0 aliphatic heterocycles. The van der Waals surface area contributed by atoms with Crippen LogP contribution >= 0.6 is 0 Å². The highest BCUT2D eigenvalue weighted by atomic mass is 15.0. The van der Waals surface area contributed by atoms with Crippen LogP contribution in [0, 0.1) is 13.8 Å². The maximum Gasteiger partial charge on any atom is 0.0844 e. The molecule has 1 aromatic carbocycles. The van der Waals surface area contributed by atoms with Gasteiger partial charge in [0.05, 0.1) is 11.4 Å². The van der Waals surface area contributed by atoms with Gasteiger partial charge in [-0.3, -0.25) is 9.98 Å². The lowest BCUT2D eigenvalue weighted by atomic mass is 9.87. The Morgan fingerprint density at radius 2 is 2.03 bits per heavy atom. The topological polar surface area (TPSA) is 37.3 Å². The van der Waals surface area contributed by atoms with Crippen LogP contribution in [0.3, 0.4) is 0 Å². The summed E-state index contributed by atoms with van der Waals surface area (Å²) in [5.74, 6) is 0. The second-order valence-corrected chi connectivity index (χ2v) is 8.56. The molecule has 29 heavy (non-hydrogen) atoms. The minimum Gasteiger partial charge on any atom is -0.382 e. The highest BCUT2D eigenvalue weighted by Gasteiger charge is 2.25. The number of aliphatic imine (C=N–C) groups is 1. The summed E-state index contributed by atoms with van der Waals surface area (Å²) in [5.41, 5.74) is 9.97. The summed E-state index contributed by atoms with van der Waals surface area (Å²) in [6.45, 7) is 6.44. The van der Waals surface area contributed by atoms with Crippen molar-refractivity contribution in [1.29, 1.82) is 0 Å². The average molecular weight is 388 g/mol. The number of hydrogen-bond donors (Lipinski definition) is 1. The first-order chi connectivity index (χ1) is 14.2. The van der Waals surface area contributed by atoms with Gasteiger partial charge >= 0.3 is 0 Å². The van der Waals surface area contributed by atoms with E-state index in [-0.39, 0.29) is 0 Å². The summed E-state index contributed by atoms with van der Waals surface area (Å²) in [6, 6.07) is 9.75. The average Bonchev–Trinajstić information content (AvgIpc) is 3.49. The molecule has 2 aliphatic carbocycles. The Morgan fingerprint density at radius 3 is 2.72 bits per heavy atom. The first-order valence-corrected chi connectivity index (χ1v) is 11.2. The van der Waals surface area contributed by atoms with Gasteiger partial charge in [-0.2, -0.15) is 0 Å². The molecule has 2 fully saturated rings. The van der Waals surface area contributed by atoms with Crippen LogP contribution in [-0.4, -0.2) is 17.2 Å². The third kappa shape index (κ3) is 4.77. The van der Waals surface area contributed by atoms with Gasteiger partial charge in [-0.1, -0.05) is 25.5 Å². The van der Waals surface area contributed by atoms with Crippen molar-refractivity contribution in [2.45, 2.75) is 78.2 Å². The number of benzene rings is 1. The molecule has 4 rings (SSSR count). The van der Waals surface area contributed by atoms with Crippen molar-refractivity contribution in [3.05, 3.63) is 52.9 Å². The van der Waals surface area contributed by atoms with Crippen LogP contribution in [0.2, 0.25) is 0 Å². The van der Waals surface area contributed by atoms with E-state index < -0.39 is 0 Å². The van der Waals surface area contributed by atoms with E-state index in [1.54, 1.807) is 5.57 Å². The van der Waals surface area contributed by atoms with Gasteiger partial charge in [0.25, 0.3) is 0 Å². The number of hydrogen-bond acceptors (Lipinski definition) is 3. The highest BCUT2D eigenvalue weighted by molar-refractivity contribution is 5.77. The van der Waals surface area contributed by atoms with Crippen molar-refractivity contribution in [3.8, 4) is 11.1 Å². The first kappa shape index (κ1) is 19.9. The number of rotatable bonds is 8. The van der Waals surface area contributed by atoms with Crippen molar-refractivity contribution < 1.29 is 0 Å². The van der Waals surface area contributed by atoms with E-state index in [0.717, 1.165) is 23.4 Å². The fourth-order valence-electron chi connectivity index (χ4n) is 3.77. The number of aryl methyl sites for hydroxylation is 2. The molecule has 152 valence electrons. The van der Waals surface area contributed by atoms with E-state index in [4.69, 9.17) is 4.99 Å². The fourth-order valence-corrected chi connectivity index (χ4v) is 3.77. The third-order valence-electron chi connectivity index (χ3n) is 6.05. The molecule has 0 unspecified atom stereocenters. The molecule has 2 aromatic rings. The zero-order valence-corrected chi connectivity index (χ0v) is 18.1. The summed E-state index contributed by atoms with van der Waals surface area (Å²) in [4.78, 5) is 9.36. The van der Waals surface area contributed by atoms with E-state index in [1.165, 1.54) is 67.3 Å². The lowest BCUT2D eigenvalue weighted by Crippen LogP contribution is -2.19. The van der Waals surface area contributed by atoms with Crippen LogP contribution in [0.15, 0.2) is 41.0 Å². The molecule has 3 nitrogen and oxygen atoms in total. The van der Waals surface area contributed by atoms with E-state index in [1.807, 2.05) is 19.3 Å². The molecule has 0 atom stereocenters. The Labute approximate surface area is 175 Å². The van der Waals surface area contributed by atoms with E-state index in [0.29, 0.717) is 6.04 Å². The minimum atomic E-state index is 0.674. The quantitative estimate of drug-likeness (QED) is 0.395. The van der Waals surface area contributed by atoms with Crippen molar-refractivity contribution in [2.75, 3.05) is 0 Å². The SMILES string of the molecule is CCCCC=Nc1cc(-c2cc(C(NC3CC3)=C3CCC3)ccc2C)cnc1C. The van der Waals surface area contributed by atoms with E-state index in [9.17, 15) is 0 Å². The predicted octanol–water partition coefficient (Wildman–Crippen LogP) is 6.90. The van der Waals surface area contributed by atoms with Crippen molar-refractivity contribution in [1.82, 2.24) is 10.3 Å². The van der Waals surface area contributed by atoms with Crippen LogP contribution in [0.5, 0.6) is 0 Å². The second-order valence-electron chi connectivity index (χ2n) is 8.56. The van der Waals surface area contributed by atoms with Crippen LogP contribution in [0.25, 0.3) is 16.8 Å². The molecule has 0 radical (unpaired) electrons. The molecular weight excluding hydrogens is 354 g/mol. The zero-order chi connectivity index (χ0) is 20.2. The maximum atomic E-state index is 4.71. The van der Waals surface area contributed by atoms with Gasteiger partial charge in [-0.25, -0.2) is 0 Å². The van der Waals surface area contributed by atoms with Crippen LogP contribution in [0.1, 0.15) is 75.1 Å². The Morgan fingerprint density at radius 1 is 1.21 bits per heavy atom. The van der Waals surface area contributed by atoms with Gasteiger partial charge in [0.2, 0.25) is 0 Å². The lowest BCUT2D eigenvalue weighted by molar-refractivity contribution is 0.655. The molecule has 0 saturated heterocycles. The predicted molar refractivity (Wildman–Crippen MR) is 124 cm³/mol. The van der Waals surface area contributed by atoms with Gasteiger partial charge in [0.1, 0.15) is 0 Å². The highest BCUT2D eigenvalue weighted by Crippen LogP contribution is 2.37. The molecule has 0 spiro atoms. The van der Waals surface area contributed by atoms with Crippen LogP contribution < -0.4 is 5.32 Å². The van der Waals surface area contributed by atoms with Gasteiger partial charge in [0, 0.05) is 29.7 Å².